The minimum Gasteiger partial charge on any atom is -0.0622 e. The molecule has 0 unspecified atom stereocenters. The molecule has 0 heteroatoms. The van der Waals surface area contributed by atoms with Crippen LogP contribution in [0, 0.1) is 0 Å². The molecule has 0 aliphatic rings. The molecule has 0 atom stereocenters. The van der Waals surface area contributed by atoms with Crippen molar-refractivity contribution in [3.8, 4) is 33.4 Å². The van der Waals surface area contributed by atoms with E-state index in [1.54, 1.807) is 0 Å². The third-order valence-electron chi connectivity index (χ3n) is 9.20. The Kier molecular flexibility index (Phi) is 5.61. The fourth-order valence-corrected chi connectivity index (χ4v) is 7.00. The third-order valence-corrected chi connectivity index (χ3v) is 9.20. The number of rotatable bonds is 3. The molecule has 9 aromatic rings. The Hall–Kier alpha value is -5.72. The topological polar surface area (TPSA) is 0 Å². The molecular weight excluding hydrogens is 528 g/mol. The fraction of sp³-hybridized carbons (Fsp3) is 0. The summed E-state index contributed by atoms with van der Waals surface area (Å²) in [5.74, 6) is 0. The van der Waals surface area contributed by atoms with Gasteiger partial charge in [-0.2, -0.15) is 0 Å². The van der Waals surface area contributed by atoms with Crippen molar-refractivity contribution in [2.75, 3.05) is 0 Å². The second kappa shape index (κ2) is 9.93. The van der Waals surface area contributed by atoms with Crippen molar-refractivity contribution in [3.63, 3.8) is 0 Å². The van der Waals surface area contributed by atoms with E-state index in [2.05, 4.69) is 170 Å². The molecule has 0 saturated carbocycles. The standard InChI is InChI=1S/C44H28/c1-2-10-29(11-3-1)34-22-23-39-41(36-21-19-31-13-5-7-15-33(31)25-36)27-43-38-17-9-8-16-37(38)40(28-44(43)42(39)26-34)35-20-18-30-12-4-6-14-32(30)24-35/h1-28H. The third kappa shape index (κ3) is 4.00. The van der Waals surface area contributed by atoms with Gasteiger partial charge in [-0.05, 0) is 118 Å². The number of hydrogen-bond donors (Lipinski definition) is 0. The van der Waals surface area contributed by atoms with Crippen LogP contribution in [-0.4, -0.2) is 0 Å². The maximum Gasteiger partial charge on any atom is -0.00921 e. The van der Waals surface area contributed by atoms with Crippen LogP contribution in [0.1, 0.15) is 0 Å². The summed E-state index contributed by atoms with van der Waals surface area (Å²) in [7, 11) is 0. The smallest absolute Gasteiger partial charge is 0.00921 e. The van der Waals surface area contributed by atoms with Gasteiger partial charge in [-0.3, -0.25) is 0 Å². The Morgan fingerprint density at radius 2 is 0.659 bits per heavy atom. The summed E-state index contributed by atoms with van der Waals surface area (Å²) in [5, 5.41) is 12.7. The van der Waals surface area contributed by atoms with Crippen LogP contribution in [0.3, 0.4) is 0 Å². The summed E-state index contributed by atoms with van der Waals surface area (Å²) < 4.78 is 0. The summed E-state index contributed by atoms with van der Waals surface area (Å²) in [4.78, 5) is 0. The lowest BCUT2D eigenvalue weighted by Crippen LogP contribution is -1.90. The zero-order valence-corrected chi connectivity index (χ0v) is 24.2. The van der Waals surface area contributed by atoms with Gasteiger partial charge in [0, 0.05) is 0 Å². The van der Waals surface area contributed by atoms with Crippen LogP contribution in [0.15, 0.2) is 170 Å². The molecule has 0 bridgehead atoms. The predicted octanol–water partition coefficient (Wildman–Crippen LogP) is 12.5. The molecule has 0 radical (unpaired) electrons. The van der Waals surface area contributed by atoms with E-state index in [1.807, 2.05) is 0 Å². The molecule has 9 aromatic carbocycles. The molecule has 0 amide bonds. The van der Waals surface area contributed by atoms with Crippen LogP contribution in [0.25, 0.3) is 87.2 Å². The molecule has 0 N–H and O–H groups in total. The van der Waals surface area contributed by atoms with Crippen LogP contribution < -0.4 is 0 Å². The Bertz CT molecular complexity index is 2540. The first-order chi connectivity index (χ1) is 21.8. The summed E-state index contributed by atoms with van der Waals surface area (Å²) in [6, 6.07) is 62.5. The first kappa shape index (κ1) is 24.8. The number of benzene rings is 9. The second-order valence-corrected chi connectivity index (χ2v) is 11.7. The highest BCUT2D eigenvalue weighted by atomic mass is 14.2. The fourth-order valence-electron chi connectivity index (χ4n) is 7.00. The second-order valence-electron chi connectivity index (χ2n) is 11.7. The van der Waals surface area contributed by atoms with Crippen molar-refractivity contribution in [1.29, 1.82) is 0 Å². The lowest BCUT2D eigenvalue weighted by molar-refractivity contribution is 1.64. The molecule has 0 nitrogen and oxygen atoms in total. The Morgan fingerprint density at radius 3 is 1.30 bits per heavy atom. The van der Waals surface area contributed by atoms with E-state index >= 15 is 0 Å². The minimum atomic E-state index is 1.23. The van der Waals surface area contributed by atoms with Gasteiger partial charge in [0.1, 0.15) is 0 Å². The highest BCUT2D eigenvalue weighted by molar-refractivity contribution is 6.24. The normalized spacial score (nSPS) is 11.6. The highest BCUT2D eigenvalue weighted by Crippen LogP contribution is 2.43. The zero-order chi connectivity index (χ0) is 29.0. The van der Waals surface area contributed by atoms with Crippen molar-refractivity contribution < 1.29 is 0 Å². The number of fused-ring (bicyclic) bond motifs is 7. The van der Waals surface area contributed by atoms with Gasteiger partial charge in [0.15, 0.2) is 0 Å². The summed E-state index contributed by atoms with van der Waals surface area (Å²) in [6.45, 7) is 0. The monoisotopic (exact) mass is 556 g/mol. The molecule has 0 fully saturated rings. The molecule has 0 saturated heterocycles. The Morgan fingerprint density at radius 1 is 0.205 bits per heavy atom. The Labute approximate surface area is 256 Å². The highest BCUT2D eigenvalue weighted by Gasteiger charge is 2.16. The summed E-state index contributed by atoms with van der Waals surface area (Å²) in [6.07, 6.45) is 0. The van der Waals surface area contributed by atoms with Gasteiger partial charge in [-0.15, -0.1) is 0 Å². The average Bonchev–Trinajstić information content (AvgIpc) is 3.10. The van der Waals surface area contributed by atoms with E-state index in [1.165, 1.54) is 87.2 Å². The van der Waals surface area contributed by atoms with Crippen molar-refractivity contribution >= 4 is 53.9 Å². The van der Waals surface area contributed by atoms with E-state index in [9.17, 15) is 0 Å². The number of hydrogen-bond acceptors (Lipinski definition) is 0. The summed E-state index contributed by atoms with van der Waals surface area (Å²) >= 11 is 0. The van der Waals surface area contributed by atoms with Crippen LogP contribution in [-0.2, 0) is 0 Å². The van der Waals surface area contributed by atoms with E-state index in [-0.39, 0.29) is 0 Å². The Balaban J connectivity index is 1.40. The molecule has 0 aliphatic heterocycles. The molecule has 0 aromatic heterocycles. The first-order valence-electron chi connectivity index (χ1n) is 15.3. The van der Waals surface area contributed by atoms with Gasteiger partial charge in [0.25, 0.3) is 0 Å². The van der Waals surface area contributed by atoms with Gasteiger partial charge < -0.3 is 0 Å². The van der Waals surface area contributed by atoms with Gasteiger partial charge in [-0.1, -0.05) is 140 Å². The van der Waals surface area contributed by atoms with E-state index in [0.717, 1.165) is 0 Å². The molecule has 9 rings (SSSR count). The zero-order valence-electron chi connectivity index (χ0n) is 24.2. The van der Waals surface area contributed by atoms with Gasteiger partial charge >= 0.3 is 0 Å². The largest absolute Gasteiger partial charge is 0.0622 e. The predicted molar refractivity (Wildman–Crippen MR) is 190 cm³/mol. The van der Waals surface area contributed by atoms with Crippen LogP contribution in [0.5, 0.6) is 0 Å². The SMILES string of the molecule is c1ccc(-c2ccc3c(-c4ccc5ccccc5c4)cc4c5ccccc5c(-c5ccc6ccccc6c5)cc4c3c2)cc1. The molecule has 0 aliphatic carbocycles. The van der Waals surface area contributed by atoms with Crippen LogP contribution in [0.2, 0.25) is 0 Å². The quantitative estimate of drug-likeness (QED) is 0.190. The molecule has 0 heterocycles. The van der Waals surface area contributed by atoms with Gasteiger partial charge in [0.2, 0.25) is 0 Å². The first-order valence-corrected chi connectivity index (χ1v) is 15.3. The van der Waals surface area contributed by atoms with E-state index in [0.29, 0.717) is 0 Å². The molecular formula is C44H28. The lowest BCUT2D eigenvalue weighted by Gasteiger charge is -2.17. The molecule has 0 spiro atoms. The van der Waals surface area contributed by atoms with Crippen molar-refractivity contribution in [2.24, 2.45) is 0 Å². The summed E-state index contributed by atoms with van der Waals surface area (Å²) in [5.41, 5.74) is 7.48. The van der Waals surface area contributed by atoms with Crippen molar-refractivity contribution in [2.45, 2.75) is 0 Å². The molecule has 204 valence electrons. The van der Waals surface area contributed by atoms with Gasteiger partial charge in [-0.25, -0.2) is 0 Å². The lowest BCUT2D eigenvalue weighted by atomic mass is 9.86. The van der Waals surface area contributed by atoms with Gasteiger partial charge in [0.05, 0.1) is 0 Å². The van der Waals surface area contributed by atoms with Crippen LogP contribution >= 0.6 is 0 Å². The maximum absolute atomic E-state index is 2.43. The van der Waals surface area contributed by atoms with Crippen LogP contribution in [0.4, 0.5) is 0 Å². The average molecular weight is 557 g/mol. The van der Waals surface area contributed by atoms with Crippen molar-refractivity contribution in [3.05, 3.63) is 170 Å². The maximum atomic E-state index is 2.43. The van der Waals surface area contributed by atoms with E-state index < -0.39 is 0 Å². The molecule has 44 heavy (non-hydrogen) atoms. The van der Waals surface area contributed by atoms with E-state index in [4.69, 9.17) is 0 Å². The van der Waals surface area contributed by atoms with Crippen molar-refractivity contribution in [1.82, 2.24) is 0 Å². The minimum absolute atomic E-state index is 1.23.